The van der Waals surface area contributed by atoms with Gasteiger partial charge in [-0.2, -0.15) is 0 Å². The Morgan fingerprint density at radius 3 is 2.20 bits per heavy atom. The van der Waals surface area contributed by atoms with E-state index in [1.807, 2.05) is 19.1 Å². The van der Waals surface area contributed by atoms with Crippen LogP contribution < -0.4 is 0 Å². The van der Waals surface area contributed by atoms with Crippen molar-refractivity contribution in [3.05, 3.63) is 34.3 Å². The lowest BCUT2D eigenvalue weighted by Gasteiger charge is -2.31. The van der Waals surface area contributed by atoms with Crippen LogP contribution in [0.2, 0.25) is 0 Å². The monoisotopic (exact) mass is 270 g/mol. The smallest absolute Gasteiger partial charge is 0.0708 e. The fourth-order valence-corrected chi connectivity index (χ4v) is 1.96. The summed E-state index contributed by atoms with van der Waals surface area (Å²) in [4.78, 5) is 0. The molecule has 15 heavy (non-hydrogen) atoms. The molecule has 1 nitrogen and oxygen atoms in total. The number of aliphatic hydroxyl groups is 1. The lowest BCUT2D eigenvalue weighted by Crippen LogP contribution is -2.36. The van der Waals surface area contributed by atoms with Crippen molar-refractivity contribution in [2.24, 2.45) is 5.92 Å². The van der Waals surface area contributed by atoms with Crippen LogP contribution in [0, 0.1) is 5.92 Å². The topological polar surface area (TPSA) is 20.2 Å². The van der Waals surface area contributed by atoms with Gasteiger partial charge < -0.3 is 5.11 Å². The molecule has 0 aliphatic rings. The zero-order valence-electron chi connectivity index (χ0n) is 9.63. The van der Waals surface area contributed by atoms with Crippen LogP contribution in [0.5, 0.6) is 0 Å². The summed E-state index contributed by atoms with van der Waals surface area (Å²) >= 11 is 3.41. The van der Waals surface area contributed by atoms with Crippen molar-refractivity contribution >= 4 is 15.9 Å². The van der Waals surface area contributed by atoms with E-state index in [0.29, 0.717) is 0 Å². The minimum atomic E-state index is -0.576. The molecule has 1 unspecified atom stereocenters. The second-order valence-electron chi connectivity index (χ2n) is 4.42. The van der Waals surface area contributed by atoms with E-state index in [4.69, 9.17) is 0 Å². The van der Waals surface area contributed by atoms with Crippen molar-refractivity contribution in [2.45, 2.75) is 39.2 Å². The Labute approximate surface area is 101 Å². The lowest BCUT2D eigenvalue weighted by atomic mass is 9.82. The zero-order chi connectivity index (χ0) is 11.5. The highest BCUT2D eigenvalue weighted by Gasteiger charge is 2.28. The Bertz CT molecular complexity index is 305. The van der Waals surface area contributed by atoms with E-state index in [0.717, 1.165) is 17.3 Å². The average molecular weight is 271 g/mol. The summed E-state index contributed by atoms with van der Waals surface area (Å²) in [5, 5.41) is 10.4. The van der Waals surface area contributed by atoms with Crippen molar-refractivity contribution in [1.29, 1.82) is 0 Å². The molecule has 84 valence electrons. The molecule has 0 radical (unpaired) electrons. The molecule has 0 saturated heterocycles. The second-order valence-corrected chi connectivity index (χ2v) is 5.33. The minimum absolute atomic E-state index is 0.283. The first-order valence-corrected chi connectivity index (χ1v) is 6.24. The van der Waals surface area contributed by atoms with Crippen molar-refractivity contribution in [1.82, 2.24) is 0 Å². The van der Waals surface area contributed by atoms with Gasteiger partial charge in [-0.25, -0.2) is 0 Å². The highest BCUT2D eigenvalue weighted by Crippen LogP contribution is 2.26. The third-order valence-corrected chi connectivity index (χ3v) is 3.64. The molecule has 0 amide bonds. The van der Waals surface area contributed by atoms with Crippen LogP contribution in [0.15, 0.2) is 28.7 Å². The Kier molecular flexibility index (Phi) is 4.35. The summed E-state index contributed by atoms with van der Waals surface area (Å²) in [6, 6.07) is 8.16. The number of halogens is 1. The number of hydrogen-bond donors (Lipinski definition) is 1. The highest BCUT2D eigenvalue weighted by molar-refractivity contribution is 9.10. The summed E-state index contributed by atoms with van der Waals surface area (Å²) in [7, 11) is 0. The van der Waals surface area contributed by atoms with Gasteiger partial charge in [0.2, 0.25) is 0 Å². The van der Waals surface area contributed by atoms with Gasteiger partial charge >= 0.3 is 0 Å². The fourth-order valence-electron chi connectivity index (χ4n) is 1.69. The van der Waals surface area contributed by atoms with Crippen LogP contribution in [0.25, 0.3) is 0 Å². The Morgan fingerprint density at radius 1 is 1.27 bits per heavy atom. The number of benzene rings is 1. The number of rotatable bonds is 4. The molecule has 1 atom stereocenters. The molecule has 0 aliphatic carbocycles. The van der Waals surface area contributed by atoms with E-state index in [-0.39, 0.29) is 5.92 Å². The van der Waals surface area contributed by atoms with Crippen LogP contribution in [-0.2, 0) is 6.42 Å². The van der Waals surface area contributed by atoms with Gasteiger partial charge in [0.25, 0.3) is 0 Å². The minimum Gasteiger partial charge on any atom is -0.389 e. The molecule has 0 saturated carbocycles. The van der Waals surface area contributed by atoms with Gasteiger partial charge in [0.15, 0.2) is 0 Å². The van der Waals surface area contributed by atoms with Crippen LogP contribution in [0.4, 0.5) is 0 Å². The summed E-state index contributed by atoms with van der Waals surface area (Å²) < 4.78 is 1.08. The highest BCUT2D eigenvalue weighted by atomic mass is 79.9. The van der Waals surface area contributed by atoms with E-state index in [1.54, 1.807) is 0 Å². The first kappa shape index (κ1) is 12.7. The third-order valence-electron chi connectivity index (χ3n) is 3.11. The molecule has 1 rings (SSSR count). The molecule has 1 aromatic carbocycles. The quantitative estimate of drug-likeness (QED) is 0.883. The second kappa shape index (κ2) is 5.13. The van der Waals surface area contributed by atoms with Gasteiger partial charge in [-0.05, 0) is 30.0 Å². The molecule has 0 bridgehead atoms. The Balaban J connectivity index is 2.79. The van der Waals surface area contributed by atoms with Crippen LogP contribution in [0.1, 0.15) is 32.8 Å². The van der Waals surface area contributed by atoms with Crippen LogP contribution in [0.3, 0.4) is 0 Å². The number of hydrogen-bond acceptors (Lipinski definition) is 1. The molecular weight excluding hydrogens is 252 g/mol. The first-order valence-electron chi connectivity index (χ1n) is 5.45. The summed E-state index contributed by atoms with van der Waals surface area (Å²) in [6.07, 6.45) is 1.52. The van der Waals surface area contributed by atoms with Gasteiger partial charge in [0.05, 0.1) is 5.60 Å². The van der Waals surface area contributed by atoms with Crippen molar-refractivity contribution in [3.63, 3.8) is 0 Å². The SMILES string of the molecule is CCC(O)(Cc1ccc(Br)cc1)C(C)C. The largest absolute Gasteiger partial charge is 0.389 e. The van der Waals surface area contributed by atoms with E-state index in [9.17, 15) is 5.11 Å². The first-order chi connectivity index (χ1) is 6.98. The Hall–Kier alpha value is -0.340. The lowest BCUT2D eigenvalue weighted by molar-refractivity contribution is -0.00828. The normalized spacial score (nSPS) is 15.3. The van der Waals surface area contributed by atoms with Crippen molar-refractivity contribution < 1.29 is 5.11 Å². The van der Waals surface area contributed by atoms with Gasteiger partial charge in [0, 0.05) is 10.9 Å². The predicted octanol–water partition coefficient (Wildman–Crippen LogP) is 3.79. The summed E-state index contributed by atoms with van der Waals surface area (Å²) in [6.45, 7) is 6.18. The molecule has 0 fully saturated rings. The zero-order valence-corrected chi connectivity index (χ0v) is 11.2. The van der Waals surface area contributed by atoms with Crippen molar-refractivity contribution in [2.75, 3.05) is 0 Å². The molecule has 0 aromatic heterocycles. The molecule has 0 aliphatic heterocycles. The van der Waals surface area contributed by atoms with Gasteiger partial charge in [-0.1, -0.05) is 48.8 Å². The maximum absolute atomic E-state index is 10.4. The molecule has 1 N–H and O–H groups in total. The van der Waals surface area contributed by atoms with E-state index >= 15 is 0 Å². The standard InChI is InChI=1S/C13H19BrO/c1-4-13(15,10(2)3)9-11-5-7-12(14)8-6-11/h5-8,10,15H,4,9H2,1-3H3. The van der Waals surface area contributed by atoms with E-state index in [1.165, 1.54) is 5.56 Å². The predicted molar refractivity (Wildman–Crippen MR) is 67.9 cm³/mol. The molecule has 0 heterocycles. The van der Waals surface area contributed by atoms with Gasteiger partial charge in [-0.15, -0.1) is 0 Å². The molecule has 0 spiro atoms. The third kappa shape index (κ3) is 3.32. The van der Waals surface area contributed by atoms with Gasteiger partial charge in [-0.3, -0.25) is 0 Å². The molecule has 2 heteroatoms. The molecule has 1 aromatic rings. The van der Waals surface area contributed by atoms with Crippen molar-refractivity contribution in [3.8, 4) is 0 Å². The van der Waals surface area contributed by atoms with Gasteiger partial charge in [0.1, 0.15) is 0 Å². The average Bonchev–Trinajstić information content (AvgIpc) is 2.21. The maximum Gasteiger partial charge on any atom is 0.0708 e. The summed E-state index contributed by atoms with van der Waals surface area (Å²) in [5.74, 6) is 0.283. The molecular formula is C13H19BrO. The van der Waals surface area contributed by atoms with Crippen LogP contribution in [-0.4, -0.2) is 10.7 Å². The summed E-state index contributed by atoms with van der Waals surface area (Å²) in [5.41, 5.74) is 0.615. The Morgan fingerprint density at radius 2 is 1.80 bits per heavy atom. The van der Waals surface area contributed by atoms with Crippen LogP contribution >= 0.6 is 15.9 Å². The fraction of sp³-hybridized carbons (Fsp3) is 0.538. The maximum atomic E-state index is 10.4. The van der Waals surface area contributed by atoms with E-state index in [2.05, 4.69) is 41.9 Å². The van der Waals surface area contributed by atoms with E-state index < -0.39 is 5.60 Å².